The van der Waals surface area contributed by atoms with Gasteiger partial charge in [0.05, 0.1) is 6.54 Å². The van der Waals surface area contributed by atoms with Crippen molar-refractivity contribution >= 4 is 5.91 Å². The lowest BCUT2D eigenvalue weighted by molar-refractivity contribution is -0.133. The van der Waals surface area contributed by atoms with Crippen LogP contribution in [0.15, 0.2) is 18.5 Å². The maximum Gasteiger partial charge on any atom is 0.222 e. The second kappa shape index (κ2) is 9.34. The molecule has 6 heteroatoms. The number of nitrogens with one attached hydrogen (secondary N) is 1. The highest BCUT2D eigenvalue weighted by molar-refractivity contribution is 5.76. The minimum atomic E-state index is 0.341. The van der Waals surface area contributed by atoms with Gasteiger partial charge in [0.2, 0.25) is 5.91 Å². The van der Waals surface area contributed by atoms with Crippen LogP contribution in [-0.2, 0) is 11.3 Å². The Balaban J connectivity index is 1.34. The van der Waals surface area contributed by atoms with Gasteiger partial charge in [0.15, 0.2) is 0 Å². The van der Waals surface area contributed by atoms with Crippen molar-refractivity contribution < 1.29 is 4.79 Å². The number of carbonyl (C=O) groups is 1. The number of amides is 1. The van der Waals surface area contributed by atoms with E-state index in [9.17, 15) is 4.79 Å². The summed E-state index contributed by atoms with van der Waals surface area (Å²) in [5.74, 6) is 1.08. The van der Waals surface area contributed by atoms with Crippen LogP contribution >= 0.6 is 0 Å². The molecule has 1 aromatic rings. The van der Waals surface area contributed by atoms with Gasteiger partial charge in [-0.3, -0.25) is 9.48 Å². The third-order valence-electron chi connectivity index (χ3n) is 5.93. The maximum absolute atomic E-state index is 12.5. The maximum atomic E-state index is 12.5. The highest BCUT2D eigenvalue weighted by Gasteiger charge is 2.25. The fourth-order valence-electron chi connectivity index (χ4n) is 4.08. The van der Waals surface area contributed by atoms with Crippen molar-refractivity contribution in [2.24, 2.45) is 5.92 Å². The first kappa shape index (κ1) is 18.4. The van der Waals surface area contributed by atoms with E-state index in [0.717, 1.165) is 70.9 Å². The van der Waals surface area contributed by atoms with Crippen LogP contribution in [0.5, 0.6) is 0 Å². The van der Waals surface area contributed by atoms with Gasteiger partial charge in [0.1, 0.15) is 0 Å². The molecule has 2 saturated heterocycles. The smallest absolute Gasteiger partial charge is 0.222 e. The lowest BCUT2D eigenvalue weighted by Crippen LogP contribution is -2.46. The van der Waals surface area contributed by atoms with Gasteiger partial charge in [0.25, 0.3) is 0 Å². The standard InChI is InChI=1S/C19H33N5O/c1-22(19(25)4-3-17-5-10-20-11-6-17)18-7-13-23(14-8-18)15-16-24-12-2-9-21-24/h2,9,12,17-18,20H,3-8,10-11,13-16H2,1H3. The number of nitrogens with zero attached hydrogens (tertiary/aromatic N) is 4. The summed E-state index contributed by atoms with van der Waals surface area (Å²) in [6, 6.07) is 2.39. The molecule has 0 spiro atoms. The summed E-state index contributed by atoms with van der Waals surface area (Å²) in [5, 5.41) is 7.65. The van der Waals surface area contributed by atoms with Crippen molar-refractivity contribution in [2.75, 3.05) is 39.8 Å². The van der Waals surface area contributed by atoms with E-state index in [4.69, 9.17) is 0 Å². The first-order valence-electron chi connectivity index (χ1n) is 9.88. The van der Waals surface area contributed by atoms with Gasteiger partial charge in [-0.25, -0.2) is 0 Å². The van der Waals surface area contributed by atoms with Gasteiger partial charge >= 0.3 is 0 Å². The lowest BCUT2D eigenvalue weighted by atomic mass is 9.92. The van der Waals surface area contributed by atoms with Crippen molar-refractivity contribution in [3.8, 4) is 0 Å². The lowest BCUT2D eigenvalue weighted by Gasteiger charge is -2.37. The molecule has 0 bridgehead atoms. The Bertz CT molecular complexity index is 504. The number of piperidine rings is 2. The Morgan fingerprint density at radius 2 is 1.96 bits per heavy atom. The van der Waals surface area contributed by atoms with E-state index in [0.29, 0.717) is 11.9 Å². The summed E-state index contributed by atoms with van der Waals surface area (Å²) in [6.07, 6.45) is 10.3. The predicted molar refractivity (Wildman–Crippen MR) is 99.3 cm³/mol. The molecule has 1 amide bonds. The van der Waals surface area contributed by atoms with Crippen LogP contribution < -0.4 is 5.32 Å². The minimum Gasteiger partial charge on any atom is -0.343 e. The Kier molecular flexibility index (Phi) is 6.87. The Labute approximate surface area is 151 Å². The van der Waals surface area contributed by atoms with E-state index in [2.05, 4.69) is 15.3 Å². The molecule has 2 fully saturated rings. The zero-order valence-electron chi connectivity index (χ0n) is 15.6. The summed E-state index contributed by atoms with van der Waals surface area (Å²) in [4.78, 5) is 17.1. The molecule has 140 valence electrons. The molecular weight excluding hydrogens is 314 g/mol. The third-order valence-corrected chi connectivity index (χ3v) is 5.93. The number of hydrogen-bond donors (Lipinski definition) is 1. The molecule has 1 N–H and O–H groups in total. The van der Waals surface area contributed by atoms with Gasteiger partial charge in [-0.05, 0) is 57.2 Å². The molecular formula is C19H33N5O. The molecule has 6 nitrogen and oxygen atoms in total. The Morgan fingerprint density at radius 1 is 1.20 bits per heavy atom. The Morgan fingerprint density at radius 3 is 2.64 bits per heavy atom. The molecule has 0 aliphatic carbocycles. The summed E-state index contributed by atoms with van der Waals surface area (Å²) in [6.45, 7) is 6.39. The highest BCUT2D eigenvalue weighted by Crippen LogP contribution is 2.20. The molecule has 0 unspecified atom stereocenters. The number of aromatic nitrogens is 2. The number of rotatable bonds is 7. The molecule has 3 rings (SSSR count). The van der Waals surface area contributed by atoms with E-state index in [-0.39, 0.29) is 0 Å². The molecule has 2 aliphatic heterocycles. The normalized spacial score (nSPS) is 20.7. The van der Waals surface area contributed by atoms with E-state index >= 15 is 0 Å². The molecule has 3 heterocycles. The average Bonchev–Trinajstić information content (AvgIpc) is 3.19. The van der Waals surface area contributed by atoms with E-state index in [1.807, 2.05) is 35.1 Å². The monoisotopic (exact) mass is 347 g/mol. The summed E-state index contributed by atoms with van der Waals surface area (Å²) in [7, 11) is 2.01. The van der Waals surface area contributed by atoms with Crippen LogP contribution in [0, 0.1) is 5.92 Å². The molecule has 0 atom stereocenters. The summed E-state index contributed by atoms with van der Waals surface area (Å²) < 4.78 is 1.99. The molecule has 2 aliphatic rings. The van der Waals surface area contributed by atoms with Crippen LogP contribution in [0.4, 0.5) is 0 Å². The Hall–Kier alpha value is -1.40. The summed E-state index contributed by atoms with van der Waals surface area (Å²) >= 11 is 0. The molecule has 1 aromatic heterocycles. The number of hydrogen-bond acceptors (Lipinski definition) is 4. The first-order chi connectivity index (χ1) is 12.2. The number of carbonyl (C=O) groups excluding carboxylic acids is 1. The van der Waals surface area contributed by atoms with Crippen molar-refractivity contribution in [2.45, 2.75) is 51.1 Å². The molecule has 0 saturated carbocycles. The van der Waals surface area contributed by atoms with Gasteiger partial charge < -0.3 is 15.1 Å². The SMILES string of the molecule is CN(C(=O)CCC1CCNCC1)C1CCN(CCn2cccn2)CC1. The third kappa shape index (κ3) is 5.54. The van der Waals surface area contributed by atoms with Crippen LogP contribution in [0.2, 0.25) is 0 Å². The van der Waals surface area contributed by atoms with Crippen LogP contribution in [0.1, 0.15) is 38.5 Å². The van der Waals surface area contributed by atoms with Crippen molar-refractivity contribution in [1.82, 2.24) is 24.9 Å². The van der Waals surface area contributed by atoms with E-state index in [1.165, 1.54) is 12.8 Å². The van der Waals surface area contributed by atoms with E-state index < -0.39 is 0 Å². The quantitative estimate of drug-likeness (QED) is 0.814. The summed E-state index contributed by atoms with van der Waals surface area (Å²) in [5.41, 5.74) is 0. The zero-order valence-corrected chi connectivity index (χ0v) is 15.6. The topological polar surface area (TPSA) is 53.4 Å². The second-order valence-corrected chi connectivity index (χ2v) is 7.58. The minimum absolute atomic E-state index is 0.341. The average molecular weight is 348 g/mol. The van der Waals surface area contributed by atoms with Crippen molar-refractivity contribution in [1.29, 1.82) is 0 Å². The molecule has 25 heavy (non-hydrogen) atoms. The van der Waals surface area contributed by atoms with Crippen LogP contribution in [-0.4, -0.2) is 71.3 Å². The molecule has 0 aromatic carbocycles. The molecule has 0 radical (unpaired) electrons. The van der Waals surface area contributed by atoms with Gasteiger partial charge in [-0.15, -0.1) is 0 Å². The van der Waals surface area contributed by atoms with Crippen molar-refractivity contribution in [3.63, 3.8) is 0 Å². The predicted octanol–water partition coefficient (Wildman–Crippen LogP) is 1.59. The first-order valence-corrected chi connectivity index (χ1v) is 9.88. The van der Waals surface area contributed by atoms with Crippen molar-refractivity contribution in [3.05, 3.63) is 18.5 Å². The second-order valence-electron chi connectivity index (χ2n) is 7.58. The fourth-order valence-corrected chi connectivity index (χ4v) is 4.08. The van der Waals surface area contributed by atoms with E-state index in [1.54, 1.807) is 0 Å². The highest BCUT2D eigenvalue weighted by atomic mass is 16.2. The van der Waals surface area contributed by atoms with Crippen LogP contribution in [0.25, 0.3) is 0 Å². The van der Waals surface area contributed by atoms with Crippen LogP contribution in [0.3, 0.4) is 0 Å². The van der Waals surface area contributed by atoms with Gasteiger partial charge in [-0.2, -0.15) is 5.10 Å². The largest absolute Gasteiger partial charge is 0.343 e. The van der Waals surface area contributed by atoms with Gasteiger partial charge in [-0.1, -0.05) is 0 Å². The van der Waals surface area contributed by atoms with Gasteiger partial charge in [0, 0.05) is 51.5 Å². The fraction of sp³-hybridized carbons (Fsp3) is 0.789. The number of likely N-dealkylation sites (tertiary alicyclic amines) is 1. The zero-order chi connectivity index (χ0) is 17.5.